The Hall–Kier alpha value is -0.0900. The zero-order valence-corrected chi connectivity index (χ0v) is 10.3. The lowest BCUT2D eigenvalue weighted by molar-refractivity contribution is 0.0955. The summed E-state index contributed by atoms with van der Waals surface area (Å²) in [7, 11) is -2.83. The minimum absolute atomic E-state index is 0.202. The molecule has 0 amide bonds. The van der Waals surface area contributed by atoms with Gasteiger partial charge in [-0.25, -0.2) is 8.42 Å². The molecule has 3 nitrogen and oxygen atoms in total. The fourth-order valence-electron chi connectivity index (χ4n) is 2.31. The van der Waals surface area contributed by atoms with Crippen LogP contribution in [-0.2, 0) is 9.84 Å². The first kappa shape index (κ1) is 13.0. The number of aliphatic hydroxyl groups excluding tert-OH is 1. The number of hydrogen-bond acceptors (Lipinski definition) is 3. The molecule has 4 heteroatoms. The molecule has 0 spiro atoms. The van der Waals surface area contributed by atoms with Crippen molar-refractivity contribution in [1.82, 2.24) is 0 Å². The van der Waals surface area contributed by atoms with Crippen LogP contribution in [0.3, 0.4) is 0 Å². The lowest BCUT2D eigenvalue weighted by atomic mass is 9.93. The summed E-state index contributed by atoms with van der Waals surface area (Å²) in [5.74, 6) is 0.588. The maximum Gasteiger partial charge on any atom is 0.147 e. The van der Waals surface area contributed by atoms with Gasteiger partial charge in [0.05, 0.1) is 6.10 Å². The van der Waals surface area contributed by atoms with Crippen molar-refractivity contribution in [2.24, 2.45) is 5.92 Å². The molecule has 90 valence electrons. The second-order valence-corrected chi connectivity index (χ2v) is 7.00. The zero-order valence-electron chi connectivity index (χ0n) is 9.48. The van der Waals surface area contributed by atoms with Gasteiger partial charge in [0.2, 0.25) is 0 Å². The highest BCUT2D eigenvalue weighted by atomic mass is 32.2. The summed E-state index contributed by atoms with van der Waals surface area (Å²) in [5, 5.41) is 9.83. The number of aliphatic hydroxyl groups is 1. The summed E-state index contributed by atoms with van der Waals surface area (Å²) < 4.78 is 21.9. The molecule has 1 fully saturated rings. The minimum atomic E-state index is -2.83. The Kier molecular flexibility index (Phi) is 5.06. The minimum Gasteiger partial charge on any atom is -0.393 e. The Balaban J connectivity index is 2.29. The second kappa shape index (κ2) is 5.85. The molecule has 0 aromatic heterocycles. The second-order valence-electron chi connectivity index (χ2n) is 4.74. The summed E-state index contributed by atoms with van der Waals surface area (Å²) in [6, 6.07) is 0. The Labute approximate surface area is 92.8 Å². The van der Waals surface area contributed by atoms with E-state index in [0.717, 1.165) is 25.7 Å². The third-order valence-corrected chi connectivity index (χ3v) is 4.24. The van der Waals surface area contributed by atoms with Crippen LogP contribution < -0.4 is 0 Å². The van der Waals surface area contributed by atoms with Crippen molar-refractivity contribution < 1.29 is 13.5 Å². The van der Waals surface area contributed by atoms with Gasteiger partial charge in [0.15, 0.2) is 0 Å². The summed E-state index contributed by atoms with van der Waals surface area (Å²) in [5.41, 5.74) is 0. The number of sulfone groups is 1. The summed E-state index contributed by atoms with van der Waals surface area (Å²) >= 11 is 0. The van der Waals surface area contributed by atoms with Crippen LogP contribution in [0.15, 0.2) is 0 Å². The molecule has 0 aromatic carbocycles. The fraction of sp³-hybridized carbons (Fsp3) is 1.00. The molecule has 0 aromatic rings. The van der Waals surface area contributed by atoms with Crippen molar-refractivity contribution in [3.63, 3.8) is 0 Å². The van der Waals surface area contributed by atoms with Crippen LogP contribution in [-0.4, -0.2) is 31.6 Å². The van der Waals surface area contributed by atoms with Gasteiger partial charge in [-0.2, -0.15) is 0 Å². The average molecular weight is 234 g/mol. The largest absolute Gasteiger partial charge is 0.393 e. The molecule has 0 bridgehead atoms. The molecule has 1 aliphatic carbocycles. The molecule has 1 N–H and O–H groups in total. The van der Waals surface area contributed by atoms with Crippen LogP contribution in [0.5, 0.6) is 0 Å². The fourth-order valence-corrected chi connectivity index (χ4v) is 3.00. The smallest absolute Gasteiger partial charge is 0.147 e. The van der Waals surface area contributed by atoms with E-state index in [9.17, 15) is 13.5 Å². The van der Waals surface area contributed by atoms with Gasteiger partial charge in [0, 0.05) is 12.0 Å². The van der Waals surface area contributed by atoms with Crippen molar-refractivity contribution in [2.75, 3.05) is 12.0 Å². The molecule has 15 heavy (non-hydrogen) atoms. The molecule has 0 radical (unpaired) electrons. The van der Waals surface area contributed by atoms with E-state index in [2.05, 4.69) is 0 Å². The Morgan fingerprint density at radius 3 is 2.53 bits per heavy atom. The highest BCUT2D eigenvalue weighted by Gasteiger charge is 2.21. The van der Waals surface area contributed by atoms with E-state index in [4.69, 9.17) is 0 Å². The molecule has 1 saturated carbocycles. The van der Waals surface area contributed by atoms with Crippen molar-refractivity contribution >= 4 is 9.84 Å². The van der Waals surface area contributed by atoms with Crippen molar-refractivity contribution in [3.05, 3.63) is 0 Å². The first-order chi connectivity index (χ1) is 6.99. The van der Waals surface area contributed by atoms with Crippen molar-refractivity contribution in [3.8, 4) is 0 Å². The van der Waals surface area contributed by atoms with E-state index < -0.39 is 9.84 Å². The third kappa shape index (κ3) is 5.52. The van der Waals surface area contributed by atoms with Crippen molar-refractivity contribution in [2.45, 2.75) is 51.0 Å². The van der Waals surface area contributed by atoms with E-state index in [1.54, 1.807) is 0 Å². The number of hydrogen-bond donors (Lipinski definition) is 1. The maximum absolute atomic E-state index is 11.0. The van der Waals surface area contributed by atoms with Crippen LogP contribution in [0.25, 0.3) is 0 Å². The topological polar surface area (TPSA) is 54.4 Å². The van der Waals surface area contributed by atoms with Crippen LogP contribution >= 0.6 is 0 Å². The summed E-state index contributed by atoms with van der Waals surface area (Å²) in [6.45, 7) is 0. The standard InChI is InChI=1S/C11H22O3S/c1-15(13,14)9-5-7-10-6-3-2-4-8-11(10)12/h10-12H,2-9H2,1H3. The van der Waals surface area contributed by atoms with E-state index in [0.29, 0.717) is 12.3 Å². The van der Waals surface area contributed by atoms with Gasteiger partial charge >= 0.3 is 0 Å². The van der Waals surface area contributed by atoms with Crippen LogP contribution in [0.4, 0.5) is 0 Å². The monoisotopic (exact) mass is 234 g/mol. The third-order valence-electron chi connectivity index (χ3n) is 3.21. The molecular formula is C11H22O3S. The molecular weight excluding hydrogens is 212 g/mol. The van der Waals surface area contributed by atoms with Gasteiger partial charge in [0.25, 0.3) is 0 Å². The lowest BCUT2D eigenvalue weighted by Crippen LogP contribution is -2.19. The molecule has 1 rings (SSSR count). The normalized spacial score (nSPS) is 28.7. The van der Waals surface area contributed by atoms with E-state index in [1.165, 1.54) is 19.1 Å². The average Bonchev–Trinajstić information content (AvgIpc) is 2.30. The summed E-state index contributed by atoms with van der Waals surface area (Å²) in [4.78, 5) is 0. The van der Waals surface area contributed by atoms with Crippen LogP contribution in [0.1, 0.15) is 44.9 Å². The van der Waals surface area contributed by atoms with Gasteiger partial charge in [-0.3, -0.25) is 0 Å². The van der Waals surface area contributed by atoms with Crippen LogP contribution in [0, 0.1) is 5.92 Å². The highest BCUT2D eigenvalue weighted by molar-refractivity contribution is 7.90. The SMILES string of the molecule is CS(=O)(=O)CCCC1CCCCCC1O. The van der Waals surface area contributed by atoms with Gasteiger partial charge in [-0.05, 0) is 31.6 Å². The van der Waals surface area contributed by atoms with Gasteiger partial charge < -0.3 is 5.11 Å². The predicted octanol–water partition coefficient (Wildman–Crippen LogP) is 1.75. The predicted molar refractivity (Wildman–Crippen MR) is 61.5 cm³/mol. The molecule has 0 heterocycles. The van der Waals surface area contributed by atoms with Crippen LogP contribution in [0.2, 0.25) is 0 Å². The van der Waals surface area contributed by atoms with E-state index in [-0.39, 0.29) is 11.9 Å². The number of rotatable bonds is 4. The Bertz CT molecular complexity index is 272. The molecule has 0 aliphatic heterocycles. The zero-order chi connectivity index (χ0) is 11.3. The van der Waals surface area contributed by atoms with Gasteiger partial charge in [0.1, 0.15) is 9.84 Å². The van der Waals surface area contributed by atoms with E-state index >= 15 is 0 Å². The first-order valence-electron chi connectivity index (χ1n) is 5.85. The lowest BCUT2D eigenvalue weighted by Gasteiger charge is -2.19. The quantitative estimate of drug-likeness (QED) is 0.754. The molecule has 2 unspecified atom stereocenters. The van der Waals surface area contributed by atoms with E-state index in [1.807, 2.05) is 0 Å². The Morgan fingerprint density at radius 1 is 1.20 bits per heavy atom. The van der Waals surface area contributed by atoms with Crippen molar-refractivity contribution in [1.29, 1.82) is 0 Å². The molecule has 0 saturated heterocycles. The van der Waals surface area contributed by atoms with Gasteiger partial charge in [-0.1, -0.05) is 19.3 Å². The first-order valence-corrected chi connectivity index (χ1v) is 7.91. The highest BCUT2D eigenvalue weighted by Crippen LogP contribution is 2.27. The van der Waals surface area contributed by atoms with Gasteiger partial charge in [-0.15, -0.1) is 0 Å². The molecule has 2 atom stereocenters. The Morgan fingerprint density at radius 2 is 1.87 bits per heavy atom. The maximum atomic E-state index is 11.0. The summed E-state index contributed by atoms with van der Waals surface area (Å²) in [6.07, 6.45) is 8.08. The molecule has 1 aliphatic rings.